The first-order valence-electron chi connectivity index (χ1n) is 9.95. The van der Waals surface area contributed by atoms with Crippen LogP contribution in [0.25, 0.3) is 0 Å². The minimum absolute atomic E-state index is 0.0182. The smallest absolute Gasteiger partial charge is 0.264 e. The SMILES string of the molecule is O=C1CCC(N2C(=O)c3ccc(F)c(NCC4COc5ccccc54)c3C2=O)C(=O)N1. The number of imide groups is 2. The van der Waals surface area contributed by atoms with E-state index in [1.54, 1.807) is 0 Å². The van der Waals surface area contributed by atoms with E-state index in [9.17, 15) is 23.6 Å². The Bertz CT molecular complexity index is 1150. The van der Waals surface area contributed by atoms with E-state index in [0.29, 0.717) is 13.2 Å². The lowest BCUT2D eigenvalue weighted by Crippen LogP contribution is -2.54. The van der Waals surface area contributed by atoms with Gasteiger partial charge in [0.25, 0.3) is 11.8 Å². The monoisotopic (exact) mass is 423 g/mol. The summed E-state index contributed by atoms with van der Waals surface area (Å²) in [6.07, 6.45) is 0.0575. The van der Waals surface area contributed by atoms with Crippen LogP contribution in [0, 0.1) is 5.82 Å². The van der Waals surface area contributed by atoms with Crippen molar-refractivity contribution in [2.75, 3.05) is 18.5 Å². The number of carbonyl (C=O) groups excluding carboxylic acids is 4. The van der Waals surface area contributed by atoms with Crippen molar-refractivity contribution in [2.45, 2.75) is 24.8 Å². The van der Waals surface area contributed by atoms with Crippen LogP contribution in [0.1, 0.15) is 45.0 Å². The van der Waals surface area contributed by atoms with Gasteiger partial charge in [-0.05, 0) is 24.6 Å². The average molecular weight is 423 g/mol. The molecular weight excluding hydrogens is 405 g/mol. The van der Waals surface area contributed by atoms with Gasteiger partial charge in [0.05, 0.1) is 23.4 Å². The number of rotatable bonds is 4. The van der Waals surface area contributed by atoms with Crippen LogP contribution in [0.2, 0.25) is 0 Å². The molecule has 158 valence electrons. The molecule has 1 fully saturated rings. The third-order valence-corrected chi connectivity index (χ3v) is 5.88. The number of hydrogen-bond acceptors (Lipinski definition) is 6. The third-order valence-electron chi connectivity index (χ3n) is 5.88. The van der Waals surface area contributed by atoms with Crippen LogP contribution in [0.5, 0.6) is 5.75 Å². The lowest BCUT2D eigenvalue weighted by atomic mass is 10.0. The first-order chi connectivity index (χ1) is 15.0. The summed E-state index contributed by atoms with van der Waals surface area (Å²) in [5.74, 6) is -2.54. The van der Waals surface area contributed by atoms with Crippen LogP contribution < -0.4 is 15.4 Å². The van der Waals surface area contributed by atoms with Crippen LogP contribution in [0.3, 0.4) is 0 Å². The summed E-state index contributed by atoms with van der Waals surface area (Å²) < 4.78 is 20.4. The van der Waals surface area contributed by atoms with Gasteiger partial charge in [-0.3, -0.25) is 29.4 Å². The Morgan fingerprint density at radius 3 is 2.71 bits per heavy atom. The zero-order valence-electron chi connectivity index (χ0n) is 16.3. The number of ether oxygens (including phenoxy) is 1. The summed E-state index contributed by atoms with van der Waals surface area (Å²) in [5.41, 5.74) is 0.842. The molecule has 2 aromatic carbocycles. The highest BCUT2D eigenvalue weighted by atomic mass is 19.1. The van der Waals surface area contributed by atoms with Gasteiger partial charge >= 0.3 is 0 Å². The molecule has 8 nitrogen and oxygen atoms in total. The van der Waals surface area contributed by atoms with Crippen molar-refractivity contribution in [3.05, 3.63) is 58.9 Å². The number of carbonyl (C=O) groups is 4. The van der Waals surface area contributed by atoms with Crippen LogP contribution in [-0.4, -0.2) is 47.7 Å². The maximum Gasteiger partial charge on any atom is 0.264 e. The minimum atomic E-state index is -1.10. The Labute approximate surface area is 176 Å². The molecule has 31 heavy (non-hydrogen) atoms. The number of piperidine rings is 1. The number of para-hydroxylation sites is 1. The van der Waals surface area contributed by atoms with Gasteiger partial charge in [-0.15, -0.1) is 0 Å². The number of fused-ring (bicyclic) bond motifs is 2. The topological polar surface area (TPSA) is 105 Å². The predicted octanol–water partition coefficient (Wildman–Crippen LogP) is 1.81. The highest BCUT2D eigenvalue weighted by molar-refractivity contribution is 6.25. The van der Waals surface area contributed by atoms with Crippen molar-refractivity contribution in [1.82, 2.24) is 10.2 Å². The molecule has 5 rings (SSSR count). The number of benzene rings is 2. The fraction of sp³-hybridized carbons (Fsp3) is 0.273. The Morgan fingerprint density at radius 1 is 1.10 bits per heavy atom. The molecule has 0 saturated carbocycles. The number of amides is 4. The first kappa shape index (κ1) is 19.2. The van der Waals surface area contributed by atoms with E-state index in [1.165, 1.54) is 6.07 Å². The van der Waals surface area contributed by atoms with E-state index in [4.69, 9.17) is 4.74 Å². The Hall–Kier alpha value is -3.75. The quantitative estimate of drug-likeness (QED) is 0.727. The van der Waals surface area contributed by atoms with Gasteiger partial charge in [-0.1, -0.05) is 18.2 Å². The van der Waals surface area contributed by atoms with Crippen molar-refractivity contribution in [1.29, 1.82) is 0 Å². The normalized spacial score (nSPS) is 22.2. The summed E-state index contributed by atoms with van der Waals surface area (Å²) in [7, 11) is 0. The van der Waals surface area contributed by atoms with E-state index >= 15 is 0 Å². The van der Waals surface area contributed by atoms with Crippen molar-refractivity contribution in [2.24, 2.45) is 0 Å². The Morgan fingerprint density at radius 2 is 1.90 bits per heavy atom. The Balaban J connectivity index is 1.43. The number of anilines is 1. The molecule has 2 unspecified atom stereocenters. The van der Waals surface area contributed by atoms with E-state index in [-0.39, 0.29) is 35.6 Å². The molecule has 0 spiro atoms. The molecule has 0 aliphatic carbocycles. The van der Waals surface area contributed by atoms with Gasteiger partial charge in [0.2, 0.25) is 11.8 Å². The molecule has 0 radical (unpaired) electrons. The molecule has 0 bridgehead atoms. The molecule has 1 saturated heterocycles. The average Bonchev–Trinajstić information content (AvgIpc) is 3.27. The molecule has 2 aromatic rings. The standard InChI is InChI=1S/C22H18FN3O5/c23-14-6-5-13-18(19(14)24-9-11-10-31-16-4-2-1-3-12(11)16)22(30)26(21(13)29)15-7-8-17(27)25-20(15)28/h1-6,11,15,24H,7-10H2,(H,25,27,28). The lowest BCUT2D eigenvalue weighted by Gasteiger charge is -2.27. The van der Waals surface area contributed by atoms with Gasteiger partial charge in [0, 0.05) is 24.4 Å². The minimum Gasteiger partial charge on any atom is -0.493 e. The predicted molar refractivity (Wildman–Crippen MR) is 106 cm³/mol. The van der Waals surface area contributed by atoms with Gasteiger partial charge < -0.3 is 10.1 Å². The van der Waals surface area contributed by atoms with Crippen molar-refractivity contribution in [3.8, 4) is 5.75 Å². The molecule has 4 amide bonds. The zero-order valence-corrected chi connectivity index (χ0v) is 16.3. The molecule has 2 atom stereocenters. The van der Waals surface area contributed by atoms with Gasteiger partial charge in [0.15, 0.2) is 0 Å². The summed E-state index contributed by atoms with van der Waals surface area (Å²) >= 11 is 0. The van der Waals surface area contributed by atoms with E-state index in [2.05, 4.69) is 10.6 Å². The number of nitrogens with zero attached hydrogens (tertiary/aromatic N) is 1. The molecule has 2 N–H and O–H groups in total. The Kier molecular flexibility index (Phi) is 4.46. The maximum atomic E-state index is 14.7. The van der Waals surface area contributed by atoms with Crippen molar-refractivity contribution in [3.63, 3.8) is 0 Å². The van der Waals surface area contributed by atoms with E-state index in [0.717, 1.165) is 22.3 Å². The highest BCUT2D eigenvalue weighted by Gasteiger charge is 2.46. The summed E-state index contributed by atoms with van der Waals surface area (Å²) in [4.78, 5) is 50.5. The zero-order chi connectivity index (χ0) is 21.7. The maximum absolute atomic E-state index is 14.7. The number of hydrogen-bond donors (Lipinski definition) is 2. The summed E-state index contributed by atoms with van der Waals surface area (Å²) in [6, 6.07) is 8.81. The second-order valence-electron chi connectivity index (χ2n) is 7.72. The summed E-state index contributed by atoms with van der Waals surface area (Å²) in [5, 5.41) is 5.12. The van der Waals surface area contributed by atoms with Crippen molar-refractivity contribution >= 4 is 29.3 Å². The second kappa shape index (κ2) is 7.19. The van der Waals surface area contributed by atoms with Gasteiger partial charge in [0.1, 0.15) is 17.6 Å². The molecule has 3 aliphatic rings. The second-order valence-corrected chi connectivity index (χ2v) is 7.72. The fourth-order valence-electron chi connectivity index (χ4n) is 4.33. The number of halogens is 1. The van der Waals surface area contributed by atoms with E-state index in [1.807, 2.05) is 24.3 Å². The largest absolute Gasteiger partial charge is 0.493 e. The molecule has 0 aromatic heterocycles. The van der Waals surface area contributed by atoms with Crippen LogP contribution >= 0.6 is 0 Å². The van der Waals surface area contributed by atoms with Gasteiger partial charge in [-0.2, -0.15) is 0 Å². The molecule has 3 heterocycles. The van der Waals surface area contributed by atoms with Crippen molar-refractivity contribution < 1.29 is 28.3 Å². The van der Waals surface area contributed by atoms with Crippen LogP contribution in [-0.2, 0) is 9.59 Å². The van der Waals surface area contributed by atoms with Crippen LogP contribution in [0.4, 0.5) is 10.1 Å². The lowest BCUT2D eigenvalue weighted by molar-refractivity contribution is -0.136. The first-order valence-corrected chi connectivity index (χ1v) is 9.95. The summed E-state index contributed by atoms with van der Waals surface area (Å²) in [6.45, 7) is 0.711. The number of nitrogens with one attached hydrogen (secondary N) is 2. The fourth-order valence-corrected chi connectivity index (χ4v) is 4.33. The molecule has 9 heteroatoms. The van der Waals surface area contributed by atoms with Gasteiger partial charge in [-0.25, -0.2) is 4.39 Å². The van der Waals surface area contributed by atoms with Crippen LogP contribution in [0.15, 0.2) is 36.4 Å². The molecule has 3 aliphatic heterocycles. The molecular formula is C22H18FN3O5. The van der Waals surface area contributed by atoms with E-state index < -0.39 is 35.5 Å². The third kappa shape index (κ3) is 3.04. The highest BCUT2D eigenvalue weighted by Crippen LogP contribution is 2.36.